The number of anilines is 2. The number of benzene rings is 1. The van der Waals surface area contributed by atoms with Gasteiger partial charge in [-0.25, -0.2) is 9.07 Å². The summed E-state index contributed by atoms with van der Waals surface area (Å²) in [5, 5.41) is 22.8. The minimum Gasteiger partial charge on any atom is -0.396 e. The molecular weight excluding hydrogens is 481 g/mol. The lowest BCUT2D eigenvalue weighted by atomic mass is 9.95. The average Bonchev–Trinajstić information content (AvgIpc) is 3.39. The Kier molecular flexibility index (Phi) is 7.79. The van der Waals surface area contributed by atoms with Crippen LogP contribution in [-0.2, 0) is 4.74 Å². The second-order valence-electron chi connectivity index (χ2n) is 9.63. The molecule has 3 N–H and O–H groups in total. The molecule has 1 aliphatic heterocycles. The van der Waals surface area contributed by atoms with Crippen molar-refractivity contribution in [3.05, 3.63) is 59.4 Å². The fourth-order valence-electron chi connectivity index (χ4n) is 3.69. The molecule has 12 heteroatoms. The topological polar surface area (TPSA) is 134 Å². The van der Waals surface area contributed by atoms with Gasteiger partial charge in [0.2, 0.25) is 0 Å². The quantitative estimate of drug-likeness (QED) is 0.418. The van der Waals surface area contributed by atoms with Crippen molar-refractivity contribution < 1.29 is 23.8 Å². The number of aromatic nitrogens is 4. The summed E-state index contributed by atoms with van der Waals surface area (Å²) in [5.74, 6) is -1.42. The van der Waals surface area contributed by atoms with Gasteiger partial charge in [-0.15, -0.1) is 5.10 Å². The Bertz CT molecular complexity index is 1290. The fourth-order valence-corrected chi connectivity index (χ4v) is 3.69. The molecule has 0 aliphatic carbocycles. The van der Waals surface area contributed by atoms with Gasteiger partial charge in [-0.05, 0) is 31.2 Å². The van der Waals surface area contributed by atoms with Crippen LogP contribution in [0.4, 0.5) is 15.8 Å². The highest BCUT2D eigenvalue weighted by Gasteiger charge is 2.20. The minimum absolute atomic E-state index is 0.0759. The van der Waals surface area contributed by atoms with Gasteiger partial charge in [0.25, 0.3) is 11.8 Å². The van der Waals surface area contributed by atoms with E-state index in [-0.39, 0.29) is 24.4 Å². The zero-order valence-corrected chi connectivity index (χ0v) is 21.0. The second kappa shape index (κ2) is 11.0. The van der Waals surface area contributed by atoms with E-state index >= 15 is 0 Å². The minimum atomic E-state index is -0.507. The van der Waals surface area contributed by atoms with E-state index in [0.29, 0.717) is 49.1 Å². The van der Waals surface area contributed by atoms with E-state index < -0.39 is 23.0 Å². The van der Waals surface area contributed by atoms with Crippen molar-refractivity contribution in [3.8, 4) is 5.69 Å². The number of nitrogens with zero attached hydrogens (tertiary/aromatic N) is 5. The molecule has 1 saturated heterocycles. The lowest BCUT2D eigenvalue weighted by Crippen LogP contribution is -2.36. The number of hydrogen-bond acceptors (Lipinski definition) is 8. The number of ether oxygens (including phenoxy) is 1. The molecule has 1 fully saturated rings. The first-order valence-corrected chi connectivity index (χ1v) is 11.9. The van der Waals surface area contributed by atoms with Crippen LogP contribution < -0.4 is 15.5 Å². The van der Waals surface area contributed by atoms with Gasteiger partial charge in [0.15, 0.2) is 5.69 Å². The maximum Gasteiger partial charge on any atom is 0.273 e. The van der Waals surface area contributed by atoms with Crippen LogP contribution in [0.15, 0.2) is 36.7 Å². The monoisotopic (exact) mass is 511 g/mol. The van der Waals surface area contributed by atoms with Crippen LogP contribution in [-0.4, -0.2) is 76.4 Å². The Morgan fingerprint density at radius 1 is 1.16 bits per heavy atom. The van der Waals surface area contributed by atoms with Gasteiger partial charge < -0.3 is 25.4 Å². The summed E-state index contributed by atoms with van der Waals surface area (Å²) in [4.78, 5) is 31.7. The molecule has 0 radical (unpaired) electrons. The summed E-state index contributed by atoms with van der Waals surface area (Å²) in [6.07, 6.45) is 2.94. The number of carbonyl (C=O) groups is 2. The third kappa shape index (κ3) is 6.46. The predicted octanol–water partition coefficient (Wildman–Crippen LogP) is 1.95. The smallest absolute Gasteiger partial charge is 0.273 e. The number of rotatable bonds is 8. The molecule has 3 aromatic rings. The Balaban J connectivity index is 1.49. The Morgan fingerprint density at radius 2 is 1.92 bits per heavy atom. The van der Waals surface area contributed by atoms with Crippen LogP contribution in [0.25, 0.3) is 5.69 Å². The summed E-state index contributed by atoms with van der Waals surface area (Å²) < 4.78 is 21.1. The van der Waals surface area contributed by atoms with E-state index in [1.807, 2.05) is 18.7 Å². The van der Waals surface area contributed by atoms with Crippen LogP contribution in [0.5, 0.6) is 0 Å². The first-order chi connectivity index (χ1) is 17.6. The number of aliphatic hydroxyl groups excluding tert-OH is 1. The number of aliphatic hydroxyl groups is 1. The summed E-state index contributed by atoms with van der Waals surface area (Å²) >= 11 is 0. The maximum absolute atomic E-state index is 14.3. The van der Waals surface area contributed by atoms with E-state index in [1.54, 1.807) is 19.1 Å². The van der Waals surface area contributed by atoms with Crippen molar-refractivity contribution in [3.63, 3.8) is 0 Å². The van der Waals surface area contributed by atoms with Crippen molar-refractivity contribution in [2.24, 2.45) is 5.41 Å². The van der Waals surface area contributed by atoms with E-state index in [4.69, 9.17) is 4.74 Å². The molecule has 0 bridgehead atoms. The van der Waals surface area contributed by atoms with Gasteiger partial charge in [-0.1, -0.05) is 19.1 Å². The predicted molar refractivity (Wildman–Crippen MR) is 134 cm³/mol. The molecule has 1 aliphatic rings. The third-order valence-corrected chi connectivity index (χ3v) is 5.97. The van der Waals surface area contributed by atoms with Crippen LogP contribution in [0.2, 0.25) is 0 Å². The number of morpholine rings is 1. The van der Waals surface area contributed by atoms with Crippen molar-refractivity contribution >= 4 is 23.2 Å². The highest BCUT2D eigenvalue weighted by molar-refractivity contribution is 6.05. The third-order valence-electron chi connectivity index (χ3n) is 5.97. The van der Waals surface area contributed by atoms with Gasteiger partial charge in [0.05, 0.1) is 42.7 Å². The summed E-state index contributed by atoms with van der Waals surface area (Å²) in [6.45, 7) is 7.92. The fraction of sp³-hybridized carbons (Fsp3) is 0.400. The van der Waals surface area contributed by atoms with E-state index in [2.05, 4.69) is 25.9 Å². The molecule has 37 heavy (non-hydrogen) atoms. The molecule has 0 spiro atoms. The SMILES string of the molecule is Cc1ncc(NC(=O)c2cc(F)cc(N3CCOCC3)c2)cc1-n1cc(C(=O)NCC(C)(C)CO)nn1. The van der Waals surface area contributed by atoms with Crippen LogP contribution >= 0.6 is 0 Å². The van der Waals surface area contributed by atoms with Gasteiger partial charge in [-0.2, -0.15) is 0 Å². The van der Waals surface area contributed by atoms with Crippen LogP contribution in [0.3, 0.4) is 0 Å². The molecule has 196 valence electrons. The number of halogens is 1. The largest absolute Gasteiger partial charge is 0.396 e. The van der Waals surface area contributed by atoms with Crippen LogP contribution in [0.1, 0.15) is 40.4 Å². The molecule has 3 heterocycles. The normalized spacial score (nSPS) is 13.9. The summed E-state index contributed by atoms with van der Waals surface area (Å²) in [7, 11) is 0. The number of hydrogen-bond donors (Lipinski definition) is 3. The molecule has 0 unspecified atom stereocenters. The molecule has 0 saturated carbocycles. The summed E-state index contributed by atoms with van der Waals surface area (Å²) in [6, 6.07) is 5.87. The first kappa shape index (κ1) is 26.2. The van der Waals surface area contributed by atoms with Crippen molar-refractivity contribution in [1.29, 1.82) is 0 Å². The Hall–Kier alpha value is -3.90. The lowest BCUT2D eigenvalue weighted by Gasteiger charge is -2.29. The number of aryl methyl sites for hydroxylation is 1. The Morgan fingerprint density at radius 3 is 2.65 bits per heavy atom. The maximum atomic E-state index is 14.3. The van der Waals surface area contributed by atoms with E-state index in [1.165, 1.54) is 29.2 Å². The molecule has 0 atom stereocenters. The van der Waals surface area contributed by atoms with Crippen molar-refractivity contribution in [1.82, 2.24) is 25.3 Å². The number of pyridine rings is 1. The number of nitrogens with one attached hydrogen (secondary N) is 2. The van der Waals surface area contributed by atoms with Gasteiger partial charge in [-0.3, -0.25) is 14.6 Å². The van der Waals surface area contributed by atoms with Crippen LogP contribution in [0, 0.1) is 18.2 Å². The zero-order chi connectivity index (χ0) is 26.6. The van der Waals surface area contributed by atoms with Gasteiger partial charge >= 0.3 is 0 Å². The number of amides is 2. The molecular formula is C25H30FN7O4. The van der Waals surface area contributed by atoms with Gasteiger partial charge in [0.1, 0.15) is 5.82 Å². The first-order valence-electron chi connectivity index (χ1n) is 11.9. The highest BCUT2D eigenvalue weighted by Crippen LogP contribution is 2.22. The average molecular weight is 512 g/mol. The van der Waals surface area contributed by atoms with Crippen molar-refractivity contribution in [2.45, 2.75) is 20.8 Å². The van der Waals surface area contributed by atoms with Gasteiger partial charge in [0, 0.05) is 42.9 Å². The van der Waals surface area contributed by atoms with Crippen molar-refractivity contribution in [2.75, 3.05) is 49.7 Å². The number of carbonyl (C=O) groups excluding carboxylic acids is 2. The van der Waals surface area contributed by atoms with E-state index in [0.717, 1.165) is 0 Å². The summed E-state index contributed by atoms with van der Waals surface area (Å²) in [5.41, 5.74) is 1.89. The molecule has 2 aromatic heterocycles. The molecule has 1 aromatic carbocycles. The molecule has 4 rings (SSSR count). The Labute approximate surface area is 213 Å². The molecule has 2 amide bonds. The lowest BCUT2D eigenvalue weighted by molar-refractivity contribution is 0.0905. The standard InChI is InChI=1S/C25H30FN7O4/c1-16-22(33-13-21(30-31-33)24(36)28-14-25(2,3)15-34)11-19(12-27-16)29-23(35)17-8-18(26)10-20(9-17)32-4-6-37-7-5-32/h8-13,34H,4-7,14-15H2,1-3H3,(H,28,36)(H,29,35). The van der Waals surface area contributed by atoms with E-state index in [9.17, 15) is 19.1 Å². The zero-order valence-electron chi connectivity index (χ0n) is 21.0. The highest BCUT2D eigenvalue weighted by atomic mass is 19.1. The molecule has 11 nitrogen and oxygen atoms in total. The second-order valence-corrected chi connectivity index (χ2v) is 9.63.